The summed E-state index contributed by atoms with van der Waals surface area (Å²) in [5.41, 5.74) is 10.5. The molecule has 0 fully saturated rings. The van der Waals surface area contributed by atoms with Gasteiger partial charge in [-0.2, -0.15) is 0 Å². The highest BCUT2D eigenvalue weighted by Crippen LogP contribution is 2.15. The first-order chi connectivity index (χ1) is 12.4. The lowest BCUT2D eigenvalue weighted by Crippen LogP contribution is -2.22. The summed E-state index contributed by atoms with van der Waals surface area (Å²) in [4.78, 5) is 6.56. The number of ether oxygens (including phenoxy) is 1. The number of aryl methyl sites for hydroxylation is 2. The zero-order chi connectivity index (χ0) is 18.9. The summed E-state index contributed by atoms with van der Waals surface area (Å²) in [5.74, 6) is 1.30. The fourth-order valence-electron chi connectivity index (χ4n) is 2.44. The Kier molecular flexibility index (Phi) is 10.2. The summed E-state index contributed by atoms with van der Waals surface area (Å²) in [7, 11) is 4.13. The van der Waals surface area contributed by atoms with Crippen LogP contribution in [0.2, 0.25) is 0 Å². The van der Waals surface area contributed by atoms with Crippen molar-refractivity contribution in [1.29, 1.82) is 0 Å². The molecule has 0 saturated heterocycles. The second kappa shape index (κ2) is 11.8. The van der Waals surface area contributed by atoms with E-state index in [1.54, 1.807) is 0 Å². The molecule has 0 amide bonds. The molecule has 3 N–H and O–H groups in total. The van der Waals surface area contributed by atoms with E-state index in [1.165, 1.54) is 11.1 Å². The summed E-state index contributed by atoms with van der Waals surface area (Å²) < 4.78 is 5.74. The minimum Gasteiger partial charge on any atom is -0.494 e. The van der Waals surface area contributed by atoms with Gasteiger partial charge in [0.2, 0.25) is 0 Å². The van der Waals surface area contributed by atoms with Crippen molar-refractivity contribution in [2.45, 2.75) is 26.8 Å². The fraction of sp³-hybridized carbons (Fsp3) is 0.381. The summed E-state index contributed by atoms with van der Waals surface area (Å²) >= 11 is 0. The summed E-state index contributed by atoms with van der Waals surface area (Å²) in [5, 5.41) is 3.13. The molecule has 2 aromatic rings. The molecule has 0 radical (unpaired) electrons. The SMILES string of the molecule is Cc1ccc(NC(N)=NCc2ccc(OCCCN(C)C)cc2)cc1C.I. The van der Waals surface area contributed by atoms with Gasteiger partial charge in [0.05, 0.1) is 13.2 Å². The number of benzene rings is 2. The van der Waals surface area contributed by atoms with Gasteiger partial charge in [0.25, 0.3) is 0 Å². The highest BCUT2D eigenvalue weighted by Gasteiger charge is 2.00. The number of hydrogen-bond acceptors (Lipinski definition) is 3. The highest BCUT2D eigenvalue weighted by atomic mass is 127. The van der Waals surface area contributed by atoms with Gasteiger partial charge < -0.3 is 20.7 Å². The maximum absolute atomic E-state index is 5.99. The van der Waals surface area contributed by atoms with Crippen LogP contribution in [0.5, 0.6) is 5.75 Å². The van der Waals surface area contributed by atoms with Crippen LogP contribution in [0.4, 0.5) is 5.69 Å². The molecule has 148 valence electrons. The first kappa shape index (κ1) is 23.2. The Morgan fingerprint density at radius 3 is 2.41 bits per heavy atom. The Morgan fingerprint density at radius 1 is 1.07 bits per heavy atom. The number of aliphatic imine (C=N–C) groups is 1. The minimum absolute atomic E-state index is 0. The second-order valence-corrected chi connectivity index (χ2v) is 6.77. The van der Waals surface area contributed by atoms with E-state index in [4.69, 9.17) is 10.5 Å². The van der Waals surface area contributed by atoms with Crippen LogP contribution in [-0.4, -0.2) is 38.1 Å². The van der Waals surface area contributed by atoms with Gasteiger partial charge in [-0.15, -0.1) is 24.0 Å². The van der Waals surface area contributed by atoms with E-state index in [2.05, 4.69) is 55.3 Å². The van der Waals surface area contributed by atoms with E-state index in [1.807, 2.05) is 30.3 Å². The Hall–Kier alpha value is -1.80. The topological polar surface area (TPSA) is 62.9 Å². The van der Waals surface area contributed by atoms with Gasteiger partial charge in [0, 0.05) is 12.2 Å². The van der Waals surface area contributed by atoms with Gasteiger partial charge >= 0.3 is 0 Å². The van der Waals surface area contributed by atoms with E-state index >= 15 is 0 Å². The van der Waals surface area contributed by atoms with Crippen LogP contribution in [0.3, 0.4) is 0 Å². The zero-order valence-electron chi connectivity index (χ0n) is 16.7. The normalized spacial score (nSPS) is 11.2. The molecule has 5 nitrogen and oxygen atoms in total. The van der Waals surface area contributed by atoms with Gasteiger partial charge in [-0.3, -0.25) is 0 Å². The van der Waals surface area contributed by atoms with Crippen molar-refractivity contribution < 1.29 is 4.74 Å². The second-order valence-electron chi connectivity index (χ2n) is 6.77. The van der Waals surface area contributed by atoms with Crippen molar-refractivity contribution in [3.8, 4) is 5.75 Å². The maximum atomic E-state index is 5.99. The van der Waals surface area contributed by atoms with Gasteiger partial charge in [0.1, 0.15) is 5.75 Å². The van der Waals surface area contributed by atoms with Gasteiger partial charge in [0.15, 0.2) is 5.96 Å². The molecule has 0 aliphatic carbocycles. The van der Waals surface area contributed by atoms with Gasteiger partial charge in [-0.1, -0.05) is 18.2 Å². The fourth-order valence-corrected chi connectivity index (χ4v) is 2.44. The van der Waals surface area contributed by atoms with Crippen molar-refractivity contribution in [2.75, 3.05) is 32.6 Å². The largest absolute Gasteiger partial charge is 0.494 e. The highest BCUT2D eigenvalue weighted by molar-refractivity contribution is 14.0. The van der Waals surface area contributed by atoms with Crippen molar-refractivity contribution in [3.63, 3.8) is 0 Å². The van der Waals surface area contributed by atoms with E-state index in [9.17, 15) is 0 Å². The van der Waals surface area contributed by atoms with Crippen LogP contribution >= 0.6 is 24.0 Å². The summed E-state index contributed by atoms with van der Waals surface area (Å²) in [6.07, 6.45) is 1.01. The number of rotatable bonds is 8. The molecule has 2 rings (SSSR count). The quantitative estimate of drug-likeness (QED) is 0.257. The van der Waals surface area contributed by atoms with E-state index in [-0.39, 0.29) is 24.0 Å². The molecule has 0 atom stereocenters. The molecule has 0 aliphatic heterocycles. The predicted molar refractivity (Wildman–Crippen MR) is 125 cm³/mol. The number of halogens is 1. The average Bonchev–Trinajstić information content (AvgIpc) is 2.61. The maximum Gasteiger partial charge on any atom is 0.193 e. The Bertz CT molecular complexity index is 729. The van der Waals surface area contributed by atoms with Crippen LogP contribution in [0.15, 0.2) is 47.5 Å². The van der Waals surface area contributed by atoms with E-state index in [0.29, 0.717) is 12.5 Å². The molecule has 0 spiro atoms. The van der Waals surface area contributed by atoms with Crippen molar-refractivity contribution >= 4 is 35.6 Å². The van der Waals surface area contributed by atoms with Crippen molar-refractivity contribution in [2.24, 2.45) is 10.7 Å². The lowest BCUT2D eigenvalue weighted by molar-refractivity contribution is 0.281. The third-order valence-electron chi connectivity index (χ3n) is 4.15. The lowest BCUT2D eigenvalue weighted by Gasteiger charge is -2.10. The number of nitrogens with zero attached hydrogens (tertiary/aromatic N) is 2. The first-order valence-corrected chi connectivity index (χ1v) is 8.94. The van der Waals surface area contributed by atoms with Gasteiger partial charge in [-0.05, 0) is 75.3 Å². The molecule has 0 bridgehead atoms. The molecular weight excluding hydrogens is 451 g/mol. The number of nitrogens with two attached hydrogens (primary N) is 1. The van der Waals surface area contributed by atoms with Crippen molar-refractivity contribution in [1.82, 2.24) is 4.90 Å². The molecule has 0 aromatic heterocycles. The molecule has 0 saturated carbocycles. The molecule has 27 heavy (non-hydrogen) atoms. The average molecular weight is 482 g/mol. The third kappa shape index (κ3) is 8.62. The summed E-state index contributed by atoms with van der Waals surface area (Å²) in [6.45, 7) is 6.46. The molecule has 2 aromatic carbocycles. The van der Waals surface area contributed by atoms with E-state index in [0.717, 1.165) is 36.6 Å². The molecule has 6 heteroatoms. The smallest absolute Gasteiger partial charge is 0.193 e. The molecule has 0 unspecified atom stereocenters. The lowest BCUT2D eigenvalue weighted by atomic mass is 10.1. The number of hydrogen-bond donors (Lipinski definition) is 2. The Morgan fingerprint density at radius 2 is 1.78 bits per heavy atom. The third-order valence-corrected chi connectivity index (χ3v) is 4.15. The Balaban J connectivity index is 0.00000364. The standard InChI is InChI=1S/C21H30N4O.HI/c1-16-6-9-19(14-17(16)2)24-21(22)23-15-18-7-10-20(11-8-18)26-13-5-12-25(3)4;/h6-11,14H,5,12-13,15H2,1-4H3,(H3,22,23,24);1H. The monoisotopic (exact) mass is 482 g/mol. The van der Waals surface area contributed by atoms with Gasteiger partial charge in [-0.25, -0.2) is 4.99 Å². The molecule has 0 heterocycles. The van der Waals surface area contributed by atoms with Crippen LogP contribution in [0.25, 0.3) is 0 Å². The van der Waals surface area contributed by atoms with Crippen LogP contribution in [0.1, 0.15) is 23.1 Å². The minimum atomic E-state index is 0. The Labute approximate surface area is 180 Å². The number of anilines is 1. The first-order valence-electron chi connectivity index (χ1n) is 8.94. The molecule has 0 aliphatic rings. The molecular formula is C21H31IN4O. The predicted octanol–water partition coefficient (Wildman–Crippen LogP) is 4.18. The van der Waals surface area contributed by atoms with Crippen LogP contribution < -0.4 is 15.8 Å². The van der Waals surface area contributed by atoms with Crippen LogP contribution in [-0.2, 0) is 6.54 Å². The van der Waals surface area contributed by atoms with Crippen molar-refractivity contribution in [3.05, 3.63) is 59.2 Å². The zero-order valence-corrected chi connectivity index (χ0v) is 19.0. The number of nitrogens with one attached hydrogen (secondary N) is 1. The number of guanidine groups is 1. The van der Waals surface area contributed by atoms with Crippen LogP contribution in [0, 0.1) is 13.8 Å². The van der Waals surface area contributed by atoms with E-state index < -0.39 is 0 Å². The summed E-state index contributed by atoms with van der Waals surface area (Å²) in [6, 6.07) is 14.2.